The molecule has 1 aliphatic rings. The first kappa shape index (κ1) is 17.2. The molecule has 6 heteroatoms. The summed E-state index contributed by atoms with van der Waals surface area (Å²) < 4.78 is 5.27. The number of nitrogens with one attached hydrogen (secondary N) is 1. The molecule has 0 bridgehead atoms. The lowest BCUT2D eigenvalue weighted by atomic mass is 10.0. The van der Waals surface area contributed by atoms with Crippen LogP contribution >= 0.6 is 11.6 Å². The summed E-state index contributed by atoms with van der Waals surface area (Å²) in [4.78, 5) is 28.7. The minimum Gasteiger partial charge on any atom is -0.430 e. The van der Waals surface area contributed by atoms with Crippen molar-refractivity contribution in [3.05, 3.63) is 64.7 Å². The van der Waals surface area contributed by atoms with Gasteiger partial charge in [0.1, 0.15) is 0 Å². The highest BCUT2D eigenvalue weighted by atomic mass is 35.5. The molecule has 2 aromatic rings. The van der Waals surface area contributed by atoms with Crippen molar-refractivity contribution in [2.24, 2.45) is 4.99 Å². The summed E-state index contributed by atoms with van der Waals surface area (Å²) in [6.45, 7) is 1.87. The van der Waals surface area contributed by atoms with Crippen molar-refractivity contribution >= 4 is 34.9 Å². The Labute approximate surface area is 150 Å². The van der Waals surface area contributed by atoms with Crippen LogP contribution in [0.25, 0.3) is 0 Å². The van der Waals surface area contributed by atoms with Gasteiger partial charge in [0.05, 0.1) is 11.4 Å². The molecule has 0 spiro atoms. The maximum absolute atomic E-state index is 12.5. The number of benzodiazepines with no additional fused rings is 1. The van der Waals surface area contributed by atoms with Crippen molar-refractivity contribution in [3.8, 4) is 0 Å². The fourth-order valence-corrected chi connectivity index (χ4v) is 2.73. The van der Waals surface area contributed by atoms with Crippen LogP contribution in [-0.4, -0.2) is 23.8 Å². The van der Waals surface area contributed by atoms with Gasteiger partial charge in [-0.2, -0.15) is 0 Å². The van der Waals surface area contributed by atoms with Crippen LogP contribution in [0.4, 0.5) is 5.69 Å². The fraction of sp³-hybridized carbons (Fsp3) is 0.211. The molecule has 25 heavy (non-hydrogen) atoms. The van der Waals surface area contributed by atoms with Crippen molar-refractivity contribution < 1.29 is 14.3 Å². The van der Waals surface area contributed by atoms with E-state index in [1.165, 1.54) is 0 Å². The van der Waals surface area contributed by atoms with Gasteiger partial charge in [-0.3, -0.25) is 9.59 Å². The Kier molecular flexibility index (Phi) is 5.14. The van der Waals surface area contributed by atoms with Crippen LogP contribution in [0.2, 0.25) is 5.02 Å². The molecule has 2 aromatic carbocycles. The number of fused-ring (bicyclic) bond motifs is 1. The molecule has 5 nitrogen and oxygen atoms in total. The number of hydrogen-bond acceptors (Lipinski definition) is 4. The van der Waals surface area contributed by atoms with E-state index in [1.807, 2.05) is 37.3 Å². The number of aliphatic imine (C=N–C) groups is 1. The number of rotatable bonds is 4. The third kappa shape index (κ3) is 3.88. The summed E-state index contributed by atoms with van der Waals surface area (Å²) in [5, 5.41) is 3.28. The van der Waals surface area contributed by atoms with E-state index in [9.17, 15) is 9.59 Å². The van der Waals surface area contributed by atoms with Crippen LogP contribution in [0.5, 0.6) is 0 Å². The van der Waals surface area contributed by atoms with Gasteiger partial charge >= 0.3 is 5.97 Å². The number of carbonyl (C=O) groups excluding carboxylic acids is 2. The highest BCUT2D eigenvalue weighted by Crippen LogP contribution is 2.27. The Morgan fingerprint density at radius 1 is 1.24 bits per heavy atom. The van der Waals surface area contributed by atoms with Crippen LogP contribution in [0.3, 0.4) is 0 Å². The molecule has 0 aliphatic carbocycles. The van der Waals surface area contributed by atoms with Crippen molar-refractivity contribution in [2.45, 2.75) is 26.0 Å². The van der Waals surface area contributed by atoms with E-state index < -0.39 is 18.1 Å². The number of hydrogen-bond donors (Lipinski definition) is 1. The monoisotopic (exact) mass is 356 g/mol. The van der Waals surface area contributed by atoms with Gasteiger partial charge in [0.15, 0.2) is 0 Å². The summed E-state index contributed by atoms with van der Waals surface area (Å²) in [6.07, 6.45) is -0.364. The average Bonchev–Trinajstić information content (AvgIpc) is 2.73. The second-order valence-electron chi connectivity index (χ2n) is 5.62. The molecule has 1 N–H and O–H groups in total. The zero-order valence-corrected chi connectivity index (χ0v) is 14.4. The predicted octanol–water partition coefficient (Wildman–Crippen LogP) is 3.80. The average molecular weight is 357 g/mol. The normalized spacial score (nSPS) is 16.3. The maximum atomic E-state index is 12.5. The third-order valence-corrected chi connectivity index (χ3v) is 3.94. The number of esters is 1. The minimum atomic E-state index is -1.24. The Hall–Kier alpha value is -2.66. The Morgan fingerprint density at radius 3 is 2.72 bits per heavy atom. The quantitative estimate of drug-likeness (QED) is 0.847. The number of benzene rings is 2. The standard InChI is InChI=1S/C19H17ClN2O3/c1-2-6-16(23)25-19-18(24)21-15-10-9-13(20)11-14(15)17(22-19)12-7-4-3-5-8-12/h3-5,7-11,19H,2,6H2,1H3,(H,21,24). The van der Waals surface area contributed by atoms with Gasteiger partial charge in [0, 0.05) is 22.6 Å². The Morgan fingerprint density at radius 2 is 2.00 bits per heavy atom. The number of nitrogens with zero attached hydrogens (tertiary/aromatic N) is 1. The molecule has 0 fully saturated rings. The van der Waals surface area contributed by atoms with Crippen molar-refractivity contribution in [2.75, 3.05) is 5.32 Å². The van der Waals surface area contributed by atoms with E-state index in [1.54, 1.807) is 18.2 Å². The van der Waals surface area contributed by atoms with Crippen LogP contribution in [0.15, 0.2) is 53.5 Å². The molecule has 0 radical (unpaired) electrons. The van der Waals surface area contributed by atoms with Crippen molar-refractivity contribution in [1.29, 1.82) is 0 Å². The topological polar surface area (TPSA) is 67.8 Å². The van der Waals surface area contributed by atoms with E-state index in [0.29, 0.717) is 28.4 Å². The highest BCUT2D eigenvalue weighted by Gasteiger charge is 2.28. The lowest BCUT2D eigenvalue weighted by Crippen LogP contribution is -2.30. The third-order valence-electron chi connectivity index (χ3n) is 3.71. The second-order valence-corrected chi connectivity index (χ2v) is 6.05. The van der Waals surface area contributed by atoms with Gasteiger partial charge in [0.25, 0.3) is 12.1 Å². The largest absolute Gasteiger partial charge is 0.430 e. The number of anilines is 1. The van der Waals surface area contributed by atoms with E-state index in [2.05, 4.69) is 10.3 Å². The molecule has 128 valence electrons. The number of halogens is 1. The van der Waals surface area contributed by atoms with E-state index in [-0.39, 0.29) is 6.42 Å². The van der Waals surface area contributed by atoms with Gasteiger partial charge in [-0.05, 0) is 24.6 Å². The van der Waals surface area contributed by atoms with Crippen LogP contribution in [0, 0.1) is 0 Å². The zero-order chi connectivity index (χ0) is 17.8. The summed E-state index contributed by atoms with van der Waals surface area (Å²) in [6, 6.07) is 14.5. The second kappa shape index (κ2) is 7.49. The molecule has 1 heterocycles. The summed E-state index contributed by atoms with van der Waals surface area (Å²) in [5.41, 5.74) is 2.61. The molecule has 1 aliphatic heterocycles. The molecule has 0 saturated carbocycles. The predicted molar refractivity (Wildman–Crippen MR) is 97.0 cm³/mol. The highest BCUT2D eigenvalue weighted by molar-refractivity contribution is 6.32. The zero-order valence-electron chi connectivity index (χ0n) is 13.7. The van der Waals surface area contributed by atoms with Crippen molar-refractivity contribution in [3.63, 3.8) is 0 Å². The van der Waals surface area contributed by atoms with Gasteiger partial charge < -0.3 is 10.1 Å². The fourth-order valence-electron chi connectivity index (χ4n) is 2.55. The molecule has 1 atom stereocenters. The lowest BCUT2D eigenvalue weighted by molar-refractivity contribution is -0.153. The van der Waals surface area contributed by atoms with Gasteiger partial charge in [-0.15, -0.1) is 0 Å². The number of carbonyl (C=O) groups is 2. The Balaban J connectivity index is 2.08. The number of amides is 1. The van der Waals surface area contributed by atoms with E-state index in [0.717, 1.165) is 5.56 Å². The Bertz CT molecular complexity index is 834. The summed E-state index contributed by atoms with van der Waals surface area (Å²) in [7, 11) is 0. The first-order valence-corrected chi connectivity index (χ1v) is 8.39. The molecule has 0 saturated heterocycles. The lowest BCUT2D eigenvalue weighted by Gasteiger charge is -2.12. The van der Waals surface area contributed by atoms with Crippen LogP contribution in [-0.2, 0) is 14.3 Å². The molecular formula is C19H17ClN2O3. The van der Waals surface area contributed by atoms with E-state index >= 15 is 0 Å². The van der Waals surface area contributed by atoms with Gasteiger partial charge in [-0.1, -0.05) is 48.9 Å². The molecule has 1 amide bonds. The van der Waals surface area contributed by atoms with Crippen LogP contribution < -0.4 is 5.32 Å². The van der Waals surface area contributed by atoms with E-state index in [4.69, 9.17) is 16.3 Å². The number of ether oxygens (including phenoxy) is 1. The van der Waals surface area contributed by atoms with Gasteiger partial charge in [-0.25, -0.2) is 4.99 Å². The van der Waals surface area contributed by atoms with Crippen molar-refractivity contribution in [1.82, 2.24) is 0 Å². The first-order chi connectivity index (χ1) is 12.1. The molecule has 0 aromatic heterocycles. The van der Waals surface area contributed by atoms with Crippen LogP contribution in [0.1, 0.15) is 30.9 Å². The summed E-state index contributed by atoms with van der Waals surface area (Å²) >= 11 is 6.13. The maximum Gasteiger partial charge on any atom is 0.308 e. The molecular weight excluding hydrogens is 340 g/mol. The SMILES string of the molecule is CCCC(=O)OC1N=C(c2ccccc2)c2cc(Cl)ccc2NC1=O. The minimum absolute atomic E-state index is 0.235. The molecule has 1 unspecified atom stereocenters. The molecule has 3 rings (SSSR count). The summed E-state index contributed by atoms with van der Waals surface area (Å²) in [5.74, 6) is -0.943. The smallest absolute Gasteiger partial charge is 0.308 e. The first-order valence-electron chi connectivity index (χ1n) is 8.02. The van der Waals surface area contributed by atoms with Gasteiger partial charge in [0.2, 0.25) is 0 Å².